The molecule has 2 N–H and O–H groups in total. The zero-order valence-electron chi connectivity index (χ0n) is 18.2. The number of hydrogen-bond donors (Lipinski definition) is 1. The first kappa shape index (κ1) is 21.6. The number of aryl methyl sites for hydroxylation is 1. The number of pyridine rings is 2. The van der Waals surface area contributed by atoms with Crippen LogP contribution in [0.2, 0.25) is 0 Å². The maximum Gasteiger partial charge on any atom is 0.260 e. The molecular weight excluding hydrogens is 408 g/mol. The summed E-state index contributed by atoms with van der Waals surface area (Å²) < 4.78 is 17.0. The van der Waals surface area contributed by atoms with Crippen LogP contribution >= 0.6 is 0 Å². The van der Waals surface area contributed by atoms with Crippen molar-refractivity contribution >= 4 is 11.7 Å². The summed E-state index contributed by atoms with van der Waals surface area (Å²) >= 11 is 0. The molecule has 1 fully saturated rings. The molecule has 0 aliphatic carbocycles. The Morgan fingerprint density at radius 3 is 2.88 bits per heavy atom. The number of rotatable bonds is 6. The number of anilines is 1. The Morgan fingerprint density at radius 1 is 1.22 bits per heavy atom. The Kier molecular flexibility index (Phi) is 6.51. The van der Waals surface area contributed by atoms with Crippen LogP contribution in [0.15, 0.2) is 54.7 Å². The fraction of sp³-hybridized carbons (Fsp3) is 0.292. The molecular formula is C24H26N4O4. The van der Waals surface area contributed by atoms with Gasteiger partial charge in [-0.2, -0.15) is 0 Å². The zero-order chi connectivity index (χ0) is 22.5. The van der Waals surface area contributed by atoms with Crippen LogP contribution in [0.25, 0.3) is 11.3 Å². The van der Waals surface area contributed by atoms with Crippen molar-refractivity contribution in [2.24, 2.45) is 0 Å². The molecule has 1 atom stereocenters. The molecule has 1 aliphatic rings. The maximum absolute atomic E-state index is 12.8. The van der Waals surface area contributed by atoms with E-state index < -0.39 is 0 Å². The summed E-state index contributed by atoms with van der Waals surface area (Å²) in [7, 11) is 1.58. The third-order valence-electron chi connectivity index (χ3n) is 5.27. The lowest BCUT2D eigenvalue weighted by molar-refractivity contribution is -0.141. The fourth-order valence-corrected chi connectivity index (χ4v) is 3.53. The van der Waals surface area contributed by atoms with Gasteiger partial charge in [0.1, 0.15) is 11.9 Å². The van der Waals surface area contributed by atoms with Gasteiger partial charge in [0.15, 0.2) is 18.1 Å². The van der Waals surface area contributed by atoms with Gasteiger partial charge in [0, 0.05) is 18.3 Å². The summed E-state index contributed by atoms with van der Waals surface area (Å²) in [6, 6.07) is 15.0. The third kappa shape index (κ3) is 4.97. The lowest BCUT2D eigenvalue weighted by atomic mass is 10.1. The van der Waals surface area contributed by atoms with Gasteiger partial charge in [-0.05, 0) is 48.9 Å². The Balaban J connectivity index is 1.41. The summed E-state index contributed by atoms with van der Waals surface area (Å²) in [5.74, 6) is 1.50. The van der Waals surface area contributed by atoms with Crippen molar-refractivity contribution in [3.8, 4) is 22.8 Å². The number of benzene rings is 1. The van der Waals surface area contributed by atoms with E-state index >= 15 is 0 Å². The van der Waals surface area contributed by atoms with Gasteiger partial charge in [0.25, 0.3) is 5.91 Å². The minimum atomic E-state index is -0.316. The van der Waals surface area contributed by atoms with Crippen LogP contribution in [0.3, 0.4) is 0 Å². The second kappa shape index (κ2) is 9.65. The molecule has 1 aromatic carbocycles. The molecule has 3 aromatic rings. The highest BCUT2D eigenvalue weighted by atomic mass is 16.5. The lowest BCUT2D eigenvalue weighted by Crippen LogP contribution is -2.44. The van der Waals surface area contributed by atoms with Gasteiger partial charge < -0.3 is 24.8 Å². The number of hydrogen-bond acceptors (Lipinski definition) is 7. The van der Waals surface area contributed by atoms with Gasteiger partial charge in [0.2, 0.25) is 0 Å². The summed E-state index contributed by atoms with van der Waals surface area (Å²) in [5, 5.41) is 0. The predicted octanol–water partition coefficient (Wildman–Crippen LogP) is 3.02. The molecule has 2 aromatic heterocycles. The van der Waals surface area contributed by atoms with E-state index in [0.29, 0.717) is 37.0 Å². The summed E-state index contributed by atoms with van der Waals surface area (Å²) in [4.78, 5) is 23.4. The molecule has 1 amide bonds. The largest absolute Gasteiger partial charge is 0.493 e. The molecule has 8 heteroatoms. The number of carbonyl (C=O) groups excluding carboxylic acids is 1. The molecule has 0 bridgehead atoms. The highest BCUT2D eigenvalue weighted by Crippen LogP contribution is 2.28. The second-order valence-corrected chi connectivity index (χ2v) is 7.56. The number of nitrogens with zero attached hydrogens (tertiary/aromatic N) is 3. The van der Waals surface area contributed by atoms with E-state index in [4.69, 9.17) is 24.9 Å². The number of aromatic nitrogens is 2. The topological polar surface area (TPSA) is 99.8 Å². The molecule has 166 valence electrons. The highest BCUT2D eigenvalue weighted by Gasteiger charge is 2.27. The first-order valence-corrected chi connectivity index (χ1v) is 10.4. The lowest BCUT2D eigenvalue weighted by Gasteiger charge is -2.32. The van der Waals surface area contributed by atoms with Gasteiger partial charge >= 0.3 is 0 Å². The summed E-state index contributed by atoms with van der Waals surface area (Å²) in [6.45, 7) is 3.24. The minimum absolute atomic E-state index is 0.0727. The molecule has 0 unspecified atom stereocenters. The van der Waals surface area contributed by atoms with E-state index in [2.05, 4.69) is 4.98 Å². The van der Waals surface area contributed by atoms with E-state index in [1.165, 1.54) is 0 Å². The van der Waals surface area contributed by atoms with Crippen LogP contribution in [0.4, 0.5) is 5.82 Å². The van der Waals surface area contributed by atoms with Crippen molar-refractivity contribution in [2.45, 2.75) is 13.0 Å². The number of nitrogens with two attached hydrogens (primary N) is 1. The second-order valence-electron chi connectivity index (χ2n) is 7.56. The minimum Gasteiger partial charge on any atom is -0.493 e. The summed E-state index contributed by atoms with van der Waals surface area (Å²) in [5.41, 5.74) is 9.13. The maximum atomic E-state index is 12.8. The average Bonchev–Trinajstić information content (AvgIpc) is 2.83. The Morgan fingerprint density at radius 2 is 2.09 bits per heavy atom. The Hall–Kier alpha value is -3.65. The van der Waals surface area contributed by atoms with Crippen molar-refractivity contribution in [2.75, 3.05) is 39.1 Å². The van der Waals surface area contributed by atoms with Crippen molar-refractivity contribution in [1.29, 1.82) is 0 Å². The monoisotopic (exact) mass is 434 g/mol. The van der Waals surface area contributed by atoms with Crippen LogP contribution in [-0.4, -0.2) is 54.2 Å². The third-order valence-corrected chi connectivity index (χ3v) is 5.27. The van der Waals surface area contributed by atoms with Crippen molar-refractivity contribution < 1.29 is 19.0 Å². The number of methoxy groups -OCH3 is 1. The molecule has 0 radical (unpaired) electrons. The van der Waals surface area contributed by atoms with Gasteiger partial charge in [0.05, 0.1) is 31.6 Å². The van der Waals surface area contributed by atoms with E-state index in [1.54, 1.807) is 24.3 Å². The highest BCUT2D eigenvalue weighted by molar-refractivity contribution is 5.78. The van der Waals surface area contributed by atoms with E-state index in [0.717, 1.165) is 22.5 Å². The van der Waals surface area contributed by atoms with Crippen LogP contribution in [0.1, 0.15) is 17.4 Å². The first-order chi connectivity index (χ1) is 15.5. The van der Waals surface area contributed by atoms with Crippen molar-refractivity contribution in [3.63, 3.8) is 0 Å². The van der Waals surface area contributed by atoms with Gasteiger partial charge in [-0.1, -0.05) is 12.1 Å². The number of carbonyl (C=O) groups is 1. The van der Waals surface area contributed by atoms with Crippen molar-refractivity contribution in [3.05, 3.63) is 66.0 Å². The molecule has 8 nitrogen and oxygen atoms in total. The predicted molar refractivity (Wildman–Crippen MR) is 120 cm³/mol. The number of ether oxygens (including phenoxy) is 3. The van der Waals surface area contributed by atoms with E-state index in [-0.39, 0.29) is 18.6 Å². The molecule has 4 rings (SSSR count). The quantitative estimate of drug-likeness (QED) is 0.636. The number of nitrogen functional groups attached to an aromatic ring is 1. The molecule has 0 saturated carbocycles. The van der Waals surface area contributed by atoms with E-state index in [9.17, 15) is 4.79 Å². The Bertz CT molecular complexity index is 1090. The SMILES string of the molecule is COc1cc(C)ccc1OCC(=O)N1CCO[C@@H](c2cccc(-c3ccc(N)nc3)n2)C1. The molecule has 32 heavy (non-hydrogen) atoms. The zero-order valence-corrected chi connectivity index (χ0v) is 18.2. The fourth-order valence-electron chi connectivity index (χ4n) is 3.53. The smallest absolute Gasteiger partial charge is 0.260 e. The normalized spacial score (nSPS) is 15.9. The van der Waals surface area contributed by atoms with Gasteiger partial charge in [-0.15, -0.1) is 0 Å². The van der Waals surface area contributed by atoms with E-state index in [1.807, 2.05) is 49.4 Å². The van der Waals surface area contributed by atoms with Crippen LogP contribution < -0.4 is 15.2 Å². The standard InChI is InChI=1S/C24H26N4O4/c1-16-6-8-20(21(12-16)30-2)32-15-24(29)28-10-11-31-22(14-28)19-5-3-4-18(27-19)17-7-9-23(25)26-13-17/h3-9,12-13,22H,10-11,14-15H2,1-2H3,(H2,25,26)/t22-/m1/s1. The molecule has 3 heterocycles. The van der Waals surface area contributed by atoms with Gasteiger partial charge in [-0.3, -0.25) is 4.79 Å². The number of amides is 1. The molecule has 0 spiro atoms. The molecule has 1 saturated heterocycles. The van der Waals surface area contributed by atoms with Gasteiger partial charge in [-0.25, -0.2) is 9.97 Å². The van der Waals surface area contributed by atoms with Crippen molar-refractivity contribution in [1.82, 2.24) is 14.9 Å². The van der Waals surface area contributed by atoms with Crippen LogP contribution in [0, 0.1) is 6.92 Å². The Labute approximate surface area is 187 Å². The summed E-state index contributed by atoms with van der Waals surface area (Å²) in [6.07, 6.45) is 1.37. The average molecular weight is 434 g/mol. The number of morpholine rings is 1. The molecule has 1 aliphatic heterocycles. The first-order valence-electron chi connectivity index (χ1n) is 10.4. The van der Waals surface area contributed by atoms with Crippen LogP contribution in [-0.2, 0) is 9.53 Å². The van der Waals surface area contributed by atoms with Crippen LogP contribution in [0.5, 0.6) is 11.5 Å².